The summed E-state index contributed by atoms with van der Waals surface area (Å²) < 4.78 is 7.59. The van der Waals surface area contributed by atoms with Crippen LogP contribution >= 0.6 is 24.0 Å². The highest BCUT2D eigenvalue weighted by Crippen LogP contribution is 2.36. The summed E-state index contributed by atoms with van der Waals surface area (Å²) in [4.78, 5) is 33.1. The number of aromatic nitrogens is 1. The van der Waals surface area contributed by atoms with E-state index in [1.165, 1.54) is 16.7 Å². The van der Waals surface area contributed by atoms with Gasteiger partial charge in [-0.25, -0.2) is 0 Å². The van der Waals surface area contributed by atoms with E-state index in [4.69, 9.17) is 16.6 Å². The first-order chi connectivity index (χ1) is 16.8. The van der Waals surface area contributed by atoms with Gasteiger partial charge in [-0.1, -0.05) is 37.3 Å². The molecule has 4 rings (SSSR count). The molecule has 2 fully saturated rings. The molecule has 2 aromatic rings. The zero-order chi connectivity index (χ0) is 25.1. The van der Waals surface area contributed by atoms with Gasteiger partial charge in [-0.3, -0.25) is 19.1 Å². The molecule has 2 aliphatic rings. The van der Waals surface area contributed by atoms with E-state index in [9.17, 15) is 14.9 Å². The van der Waals surface area contributed by atoms with E-state index in [-0.39, 0.29) is 23.6 Å². The van der Waals surface area contributed by atoms with Crippen LogP contribution in [-0.4, -0.2) is 57.8 Å². The third kappa shape index (κ3) is 5.08. The zero-order valence-electron chi connectivity index (χ0n) is 20.2. The molecule has 4 heterocycles. The van der Waals surface area contributed by atoms with Gasteiger partial charge < -0.3 is 14.2 Å². The number of carbonyl (C=O) groups excluding carboxylic acids is 1. The van der Waals surface area contributed by atoms with Gasteiger partial charge >= 0.3 is 0 Å². The molecule has 2 aromatic heterocycles. The number of nitrogens with zero attached hydrogens (tertiary/aromatic N) is 5. The fourth-order valence-corrected chi connectivity index (χ4v) is 5.59. The van der Waals surface area contributed by atoms with Crippen molar-refractivity contribution in [3.63, 3.8) is 0 Å². The molecule has 0 saturated carbocycles. The summed E-state index contributed by atoms with van der Waals surface area (Å²) in [6.45, 7) is 7.90. The molecule has 8 nitrogen and oxygen atoms in total. The lowest BCUT2D eigenvalue weighted by atomic mass is 10.0. The van der Waals surface area contributed by atoms with Crippen LogP contribution in [0.3, 0.4) is 0 Å². The van der Waals surface area contributed by atoms with Gasteiger partial charge in [-0.2, -0.15) is 5.26 Å². The van der Waals surface area contributed by atoms with Gasteiger partial charge in [-0.15, -0.1) is 0 Å². The number of hydrogen-bond donors (Lipinski definition) is 0. The fourth-order valence-electron chi connectivity index (χ4n) is 4.35. The summed E-state index contributed by atoms with van der Waals surface area (Å²) in [6, 6.07) is 5.69. The maximum Gasteiger partial charge on any atom is 0.270 e. The number of furan rings is 1. The Labute approximate surface area is 214 Å². The normalized spacial score (nSPS) is 18.1. The minimum atomic E-state index is -0.269. The van der Waals surface area contributed by atoms with Gasteiger partial charge in [0.25, 0.3) is 11.5 Å². The second-order valence-electron chi connectivity index (χ2n) is 8.80. The van der Waals surface area contributed by atoms with E-state index in [1.807, 2.05) is 6.08 Å². The molecule has 10 heteroatoms. The molecule has 0 unspecified atom stereocenters. The molecule has 0 N–H and O–H groups in total. The minimum absolute atomic E-state index is 0.122. The molecule has 0 spiro atoms. The van der Waals surface area contributed by atoms with Crippen LogP contribution in [0.1, 0.15) is 42.2 Å². The van der Waals surface area contributed by atoms with Crippen LogP contribution in [0.25, 0.3) is 6.08 Å². The number of hydrogen-bond acceptors (Lipinski definition) is 8. The van der Waals surface area contributed by atoms with Crippen LogP contribution < -0.4 is 10.5 Å². The lowest BCUT2D eigenvalue weighted by Gasteiger charge is -2.36. The number of thiocarbonyl (C=S) groups is 1. The lowest BCUT2D eigenvalue weighted by molar-refractivity contribution is -0.122. The highest BCUT2D eigenvalue weighted by molar-refractivity contribution is 8.26. The van der Waals surface area contributed by atoms with E-state index in [0.717, 1.165) is 50.4 Å². The van der Waals surface area contributed by atoms with Crippen molar-refractivity contribution in [3.8, 4) is 6.07 Å². The smallest absolute Gasteiger partial charge is 0.270 e. The predicted molar refractivity (Wildman–Crippen MR) is 142 cm³/mol. The van der Waals surface area contributed by atoms with Crippen LogP contribution in [0, 0.1) is 18.3 Å². The Balaban J connectivity index is 1.83. The minimum Gasteiger partial charge on any atom is -0.467 e. The van der Waals surface area contributed by atoms with Gasteiger partial charge in [-0.05, 0) is 44.2 Å². The number of likely N-dealkylation sites (N-methyl/N-ethyl adjacent to an activating group) is 1. The molecule has 0 bridgehead atoms. The maximum atomic E-state index is 13.4. The van der Waals surface area contributed by atoms with E-state index >= 15 is 0 Å². The van der Waals surface area contributed by atoms with Crippen LogP contribution in [0.2, 0.25) is 0 Å². The summed E-state index contributed by atoms with van der Waals surface area (Å²) in [5.41, 5.74) is 1.18. The Morgan fingerprint density at radius 3 is 2.63 bits per heavy atom. The zero-order valence-corrected chi connectivity index (χ0v) is 21.9. The molecule has 0 aromatic carbocycles. The number of pyridine rings is 1. The standard InChI is InChI=1S/C25H29N5O3S2/c1-4-5-8-29-22(28-11-9-27(3)10-12-28)19(17(2)20(15-26)23(29)31)14-21-24(32)30(25(34)35-21)16-18-7-6-13-33-18/h6-7,13-14H,4-5,8-12,16H2,1-3H3/b21-14+. The van der Waals surface area contributed by atoms with E-state index < -0.39 is 0 Å². The summed E-state index contributed by atoms with van der Waals surface area (Å²) in [7, 11) is 2.08. The maximum absolute atomic E-state index is 13.4. The summed E-state index contributed by atoms with van der Waals surface area (Å²) in [5.74, 6) is 1.23. The van der Waals surface area contributed by atoms with Crippen LogP contribution in [0.15, 0.2) is 32.5 Å². The Kier molecular flexibility index (Phi) is 7.79. The van der Waals surface area contributed by atoms with Crippen LogP contribution in [-0.2, 0) is 17.9 Å². The second-order valence-corrected chi connectivity index (χ2v) is 10.5. The molecular formula is C25H29N5O3S2. The lowest BCUT2D eigenvalue weighted by Crippen LogP contribution is -2.47. The monoisotopic (exact) mass is 511 g/mol. The third-order valence-electron chi connectivity index (χ3n) is 6.43. The van der Waals surface area contributed by atoms with Crippen molar-refractivity contribution in [1.82, 2.24) is 14.4 Å². The number of piperazine rings is 1. The number of unbranched alkanes of at least 4 members (excludes halogenated alkanes) is 1. The summed E-state index contributed by atoms with van der Waals surface area (Å²) >= 11 is 6.74. The number of rotatable bonds is 7. The van der Waals surface area contributed by atoms with Gasteiger partial charge in [0, 0.05) is 38.3 Å². The van der Waals surface area contributed by atoms with Gasteiger partial charge in [0.15, 0.2) is 0 Å². The van der Waals surface area contributed by atoms with Crippen molar-refractivity contribution in [2.24, 2.45) is 0 Å². The molecule has 0 radical (unpaired) electrons. The van der Waals surface area contributed by atoms with Gasteiger partial charge in [0.05, 0.1) is 17.7 Å². The molecule has 35 heavy (non-hydrogen) atoms. The Morgan fingerprint density at radius 2 is 2.00 bits per heavy atom. The van der Waals surface area contributed by atoms with Gasteiger partial charge in [0.2, 0.25) is 0 Å². The van der Waals surface area contributed by atoms with Crippen molar-refractivity contribution in [2.75, 3.05) is 38.1 Å². The van der Waals surface area contributed by atoms with Crippen molar-refractivity contribution >= 4 is 46.1 Å². The van der Waals surface area contributed by atoms with E-state index in [0.29, 0.717) is 27.1 Å². The predicted octanol–water partition coefficient (Wildman–Crippen LogP) is 3.57. The number of amides is 1. The summed E-state index contributed by atoms with van der Waals surface area (Å²) in [6.07, 6.45) is 5.12. The highest BCUT2D eigenvalue weighted by Gasteiger charge is 2.34. The van der Waals surface area contributed by atoms with Crippen molar-refractivity contribution in [3.05, 3.63) is 56.1 Å². The highest BCUT2D eigenvalue weighted by atomic mass is 32.2. The molecule has 2 aliphatic heterocycles. The number of carbonyl (C=O) groups is 1. The Morgan fingerprint density at radius 1 is 1.26 bits per heavy atom. The SMILES string of the molecule is CCCCn1c(N2CCN(C)CC2)c(/C=C2/SC(=S)N(Cc3ccco3)C2=O)c(C)c(C#N)c1=O. The average molecular weight is 512 g/mol. The molecule has 0 atom stereocenters. The van der Waals surface area contributed by atoms with Crippen molar-refractivity contribution in [1.29, 1.82) is 5.26 Å². The molecule has 2 saturated heterocycles. The van der Waals surface area contributed by atoms with Crippen molar-refractivity contribution < 1.29 is 9.21 Å². The fraction of sp³-hybridized carbons (Fsp3) is 0.440. The Hall–Kier alpha value is -2.87. The average Bonchev–Trinajstić information content (AvgIpc) is 3.45. The topological polar surface area (TPSA) is 85.7 Å². The Bertz CT molecular complexity index is 1250. The quantitative estimate of drug-likeness (QED) is 0.412. The first-order valence-electron chi connectivity index (χ1n) is 11.7. The first-order valence-corrected chi connectivity index (χ1v) is 13.0. The van der Waals surface area contributed by atoms with Gasteiger partial charge in [0.1, 0.15) is 27.5 Å². The largest absolute Gasteiger partial charge is 0.467 e. The van der Waals surface area contributed by atoms with Crippen LogP contribution in [0.5, 0.6) is 0 Å². The third-order valence-corrected chi connectivity index (χ3v) is 7.81. The molecule has 184 valence electrons. The van der Waals surface area contributed by atoms with Crippen LogP contribution in [0.4, 0.5) is 5.82 Å². The number of nitriles is 1. The van der Waals surface area contributed by atoms with Crippen molar-refractivity contribution in [2.45, 2.75) is 39.8 Å². The number of thioether (sulfide) groups is 1. The molecular weight excluding hydrogens is 482 g/mol. The second kappa shape index (κ2) is 10.8. The van der Waals surface area contributed by atoms with E-state index in [1.54, 1.807) is 29.9 Å². The molecule has 1 amide bonds. The summed E-state index contributed by atoms with van der Waals surface area (Å²) in [5, 5.41) is 9.83. The number of anilines is 1. The molecule has 0 aliphatic carbocycles. The van der Waals surface area contributed by atoms with E-state index in [2.05, 4.69) is 29.8 Å². The first kappa shape index (κ1) is 25.2.